The summed E-state index contributed by atoms with van der Waals surface area (Å²) in [6.45, 7) is 1.74. The molecule has 0 fully saturated rings. The molecule has 0 saturated carbocycles. The molecule has 0 bridgehead atoms. The second-order valence-corrected chi connectivity index (χ2v) is 6.48. The van der Waals surface area contributed by atoms with Crippen molar-refractivity contribution >= 4 is 23.5 Å². The molecule has 0 amide bonds. The zero-order chi connectivity index (χ0) is 20.5. The Labute approximate surface area is 163 Å². The van der Waals surface area contributed by atoms with E-state index in [1.165, 1.54) is 18.3 Å². The maximum Gasteiger partial charge on any atom is 0.416 e. The van der Waals surface area contributed by atoms with E-state index in [0.29, 0.717) is 11.4 Å². The van der Waals surface area contributed by atoms with Gasteiger partial charge in [-0.2, -0.15) is 13.2 Å². The first-order valence-electron chi connectivity index (χ1n) is 8.31. The topological polar surface area (TPSA) is 93.9 Å². The molecule has 0 radical (unpaired) electrons. The third-order valence-corrected chi connectivity index (χ3v) is 4.53. The van der Waals surface area contributed by atoms with E-state index >= 15 is 0 Å². The van der Waals surface area contributed by atoms with Gasteiger partial charge in [-0.3, -0.25) is 0 Å². The lowest BCUT2D eigenvalue weighted by atomic mass is 9.90. The molecule has 2 unspecified atom stereocenters. The quantitative estimate of drug-likeness (QED) is 0.585. The van der Waals surface area contributed by atoms with Gasteiger partial charge in [0.25, 0.3) is 0 Å². The molecular weight excluding hydrogens is 397 g/mol. The van der Waals surface area contributed by atoms with Crippen molar-refractivity contribution < 1.29 is 22.7 Å². The summed E-state index contributed by atoms with van der Waals surface area (Å²) in [6, 6.07) is 3.01. The van der Waals surface area contributed by atoms with Crippen molar-refractivity contribution in [3.05, 3.63) is 53.4 Å². The highest BCUT2D eigenvalue weighted by Crippen LogP contribution is 2.39. The van der Waals surface area contributed by atoms with E-state index in [9.17, 15) is 18.0 Å². The minimum absolute atomic E-state index is 0.0152. The average molecular weight is 413 g/mol. The number of halogens is 4. The molecule has 10 heteroatoms. The van der Waals surface area contributed by atoms with Crippen molar-refractivity contribution in [2.75, 3.05) is 12.3 Å². The third kappa shape index (κ3) is 4.04. The van der Waals surface area contributed by atoms with Crippen molar-refractivity contribution in [3.8, 4) is 11.4 Å². The largest absolute Gasteiger partial charge is 0.462 e. The molecule has 0 aromatic carbocycles. The number of H-pyrrole nitrogens is 1. The molecule has 1 aliphatic rings. The van der Waals surface area contributed by atoms with Crippen LogP contribution in [0.1, 0.15) is 28.9 Å². The number of aromatic amines is 1. The minimum atomic E-state index is -4.54. The van der Waals surface area contributed by atoms with Gasteiger partial charge < -0.3 is 15.5 Å². The number of rotatable bonds is 4. The number of nitrogen functional groups attached to an aromatic ring is 1. The van der Waals surface area contributed by atoms with Crippen LogP contribution in [0, 0.1) is 0 Å². The van der Waals surface area contributed by atoms with Crippen LogP contribution >= 0.6 is 11.6 Å². The van der Waals surface area contributed by atoms with Gasteiger partial charge in [0.1, 0.15) is 0 Å². The molecule has 6 nitrogen and oxygen atoms in total. The van der Waals surface area contributed by atoms with E-state index in [4.69, 9.17) is 22.1 Å². The number of hydrogen-bond acceptors (Lipinski definition) is 5. The van der Waals surface area contributed by atoms with Gasteiger partial charge in [0.15, 0.2) is 0 Å². The van der Waals surface area contributed by atoms with Crippen molar-refractivity contribution in [1.29, 1.82) is 0 Å². The lowest BCUT2D eigenvalue weighted by Gasteiger charge is -2.23. The molecule has 148 valence electrons. The van der Waals surface area contributed by atoms with Crippen LogP contribution in [-0.4, -0.2) is 39.1 Å². The van der Waals surface area contributed by atoms with Crippen molar-refractivity contribution in [2.24, 2.45) is 0 Å². The van der Waals surface area contributed by atoms with Gasteiger partial charge in [-0.05, 0) is 19.1 Å². The predicted molar refractivity (Wildman–Crippen MR) is 97.8 cm³/mol. The molecule has 0 aliphatic heterocycles. The van der Waals surface area contributed by atoms with E-state index in [0.717, 1.165) is 12.2 Å². The molecule has 2 aromatic rings. The summed E-state index contributed by atoms with van der Waals surface area (Å²) >= 11 is 6.25. The first kappa shape index (κ1) is 19.9. The summed E-state index contributed by atoms with van der Waals surface area (Å²) in [4.78, 5) is 23.2. The zero-order valence-electron chi connectivity index (χ0n) is 14.6. The number of nitrogens with zero attached hydrogens (tertiary/aromatic N) is 2. The minimum Gasteiger partial charge on any atom is -0.462 e. The SMILES string of the molecule is CCOC(=O)c1cc(-c2ccnc(N)n2)[nH]c1C1C=C(C(F)(F)F)C=CC1Cl. The van der Waals surface area contributed by atoms with Crippen molar-refractivity contribution in [3.63, 3.8) is 0 Å². The molecule has 3 rings (SSSR count). The second kappa shape index (κ2) is 7.67. The number of alkyl halides is 4. The van der Waals surface area contributed by atoms with Gasteiger partial charge in [0, 0.05) is 17.8 Å². The zero-order valence-corrected chi connectivity index (χ0v) is 15.4. The molecule has 3 N–H and O–H groups in total. The summed E-state index contributed by atoms with van der Waals surface area (Å²) in [6.07, 6.45) is 0.0503. The van der Waals surface area contributed by atoms with E-state index in [1.54, 1.807) is 13.0 Å². The van der Waals surface area contributed by atoms with Gasteiger partial charge in [-0.1, -0.05) is 18.2 Å². The van der Waals surface area contributed by atoms with Crippen LogP contribution < -0.4 is 5.73 Å². The fourth-order valence-corrected chi connectivity index (χ4v) is 3.13. The number of carbonyl (C=O) groups excluding carboxylic acids is 1. The molecule has 2 heterocycles. The number of anilines is 1. The van der Waals surface area contributed by atoms with Gasteiger partial charge in [-0.25, -0.2) is 14.8 Å². The summed E-state index contributed by atoms with van der Waals surface area (Å²) in [7, 11) is 0. The second-order valence-electron chi connectivity index (χ2n) is 5.98. The van der Waals surface area contributed by atoms with Crippen LogP contribution in [0.4, 0.5) is 19.1 Å². The molecule has 2 aromatic heterocycles. The van der Waals surface area contributed by atoms with Crippen LogP contribution in [0.15, 0.2) is 42.1 Å². The Kier molecular flexibility index (Phi) is 5.46. The summed E-state index contributed by atoms with van der Waals surface area (Å²) < 4.78 is 44.5. The number of ether oxygens (including phenoxy) is 1. The van der Waals surface area contributed by atoms with E-state index in [1.807, 2.05) is 0 Å². The molecule has 1 aliphatic carbocycles. The number of aromatic nitrogens is 3. The van der Waals surface area contributed by atoms with E-state index in [-0.39, 0.29) is 23.8 Å². The average Bonchev–Trinajstić information content (AvgIpc) is 3.06. The van der Waals surface area contributed by atoms with Gasteiger partial charge in [0.2, 0.25) is 5.95 Å². The maximum atomic E-state index is 13.2. The van der Waals surface area contributed by atoms with Gasteiger partial charge >= 0.3 is 12.1 Å². The number of allylic oxidation sites excluding steroid dienone is 4. The first-order valence-corrected chi connectivity index (χ1v) is 8.74. The first-order chi connectivity index (χ1) is 13.2. The van der Waals surface area contributed by atoms with E-state index in [2.05, 4.69) is 15.0 Å². The fraction of sp³-hybridized carbons (Fsp3) is 0.278. The highest BCUT2D eigenvalue weighted by molar-refractivity contribution is 6.22. The Morgan fingerprint density at radius 1 is 1.43 bits per heavy atom. The monoisotopic (exact) mass is 412 g/mol. The molecule has 2 atom stereocenters. The summed E-state index contributed by atoms with van der Waals surface area (Å²) in [5.41, 5.74) is 5.79. The lowest BCUT2D eigenvalue weighted by Crippen LogP contribution is -2.21. The fourth-order valence-electron chi connectivity index (χ4n) is 2.86. The standard InChI is InChI=1S/C18H16ClF3N4O2/c1-2-28-16(27)11-8-14(13-5-6-24-17(23)26-13)25-15(11)10-7-9(18(20,21)22)3-4-12(10)19/h3-8,10,12,25H,2H2,1H3,(H2,23,24,26). The number of hydrogen-bond donors (Lipinski definition) is 2. The Morgan fingerprint density at radius 3 is 2.82 bits per heavy atom. The van der Waals surface area contributed by atoms with Crippen LogP contribution in [0.3, 0.4) is 0 Å². The normalized spacial score (nSPS) is 19.4. The predicted octanol–water partition coefficient (Wildman–Crippen LogP) is 3.98. The maximum absolute atomic E-state index is 13.2. The van der Waals surface area contributed by atoms with Crippen LogP contribution in [0.25, 0.3) is 11.4 Å². The lowest BCUT2D eigenvalue weighted by molar-refractivity contribution is -0.0887. The Balaban J connectivity index is 2.11. The molecule has 28 heavy (non-hydrogen) atoms. The number of nitrogens with one attached hydrogen (secondary N) is 1. The van der Waals surface area contributed by atoms with Crippen LogP contribution in [0.2, 0.25) is 0 Å². The van der Waals surface area contributed by atoms with Crippen LogP contribution in [-0.2, 0) is 4.74 Å². The Morgan fingerprint density at radius 2 is 2.18 bits per heavy atom. The summed E-state index contributed by atoms with van der Waals surface area (Å²) in [5.74, 6) is -1.58. The van der Waals surface area contributed by atoms with Crippen LogP contribution in [0.5, 0.6) is 0 Å². The van der Waals surface area contributed by atoms with Crippen molar-refractivity contribution in [1.82, 2.24) is 15.0 Å². The number of esters is 1. The highest BCUT2D eigenvalue weighted by atomic mass is 35.5. The molecule has 0 saturated heterocycles. The van der Waals surface area contributed by atoms with Gasteiger partial charge in [0.05, 0.1) is 34.5 Å². The van der Waals surface area contributed by atoms with E-state index < -0.39 is 29.0 Å². The van der Waals surface area contributed by atoms with Crippen molar-refractivity contribution in [2.45, 2.75) is 24.4 Å². The number of carbonyl (C=O) groups is 1. The third-order valence-electron chi connectivity index (χ3n) is 4.12. The highest BCUT2D eigenvalue weighted by Gasteiger charge is 2.37. The number of nitrogens with two attached hydrogens (primary N) is 1. The molecular formula is C18H16ClF3N4O2. The Hall–Kier alpha value is -2.81. The van der Waals surface area contributed by atoms with Gasteiger partial charge in [-0.15, -0.1) is 11.6 Å². The Bertz CT molecular complexity index is 953. The molecule has 0 spiro atoms. The summed E-state index contributed by atoms with van der Waals surface area (Å²) in [5, 5.41) is -0.791. The smallest absolute Gasteiger partial charge is 0.416 e.